The molecule has 0 spiro atoms. The van der Waals surface area contributed by atoms with Crippen molar-refractivity contribution in [2.45, 2.75) is 64.8 Å². The fourth-order valence-corrected chi connectivity index (χ4v) is 4.71. The number of benzene rings is 1. The van der Waals surface area contributed by atoms with E-state index in [1.165, 1.54) is 0 Å². The fourth-order valence-electron chi connectivity index (χ4n) is 3.75. The van der Waals surface area contributed by atoms with E-state index in [1.54, 1.807) is 0 Å². The maximum atomic E-state index is 14.0. The highest BCUT2D eigenvalue weighted by molar-refractivity contribution is 7.14. The third-order valence-corrected chi connectivity index (χ3v) is 6.62. The Morgan fingerprint density at radius 2 is 1.56 bits per heavy atom. The van der Waals surface area contributed by atoms with Crippen molar-refractivity contribution in [3.8, 4) is 5.75 Å². The number of carbonyl (C=O) groups is 1. The first kappa shape index (κ1) is 26.3. The molecule has 1 aromatic carbocycles. The van der Waals surface area contributed by atoms with Crippen molar-refractivity contribution in [3.05, 3.63) is 39.0 Å². The lowest BCUT2D eigenvalue weighted by Gasteiger charge is -2.25. The SMILES string of the molecule is CCCCCCCNc1nc(CN2CCCCC2)sc1C(=O)Oc1c(F)c(F)c(F)c(F)c1F. The van der Waals surface area contributed by atoms with Gasteiger partial charge in [-0.1, -0.05) is 39.0 Å². The average molecular weight is 506 g/mol. The number of ether oxygens (including phenoxy) is 1. The van der Waals surface area contributed by atoms with Gasteiger partial charge in [0, 0.05) is 6.54 Å². The van der Waals surface area contributed by atoms with E-state index in [4.69, 9.17) is 0 Å². The molecule has 2 aromatic rings. The molecule has 188 valence electrons. The van der Waals surface area contributed by atoms with Crippen LogP contribution < -0.4 is 10.1 Å². The van der Waals surface area contributed by atoms with Crippen molar-refractivity contribution < 1.29 is 31.5 Å². The van der Waals surface area contributed by atoms with Crippen LogP contribution in [0.3, 0.4) is 0 Å². The third kappa shape index (κ3) is 6.44. The topological polar surface area (TPSA) is 54.5 Å². The Morgan fingerprint density at radius 1 is 0.941 bits per heavy atom. The number of piperidine rings is 1. The second-order valence-electron chi connectivity index (χ2n) is 8.25. The number of esters is 1. The van der Waals surface area contributed by atoms with E-state index in [0.29, 0.717) is 18.1 Å². The van der Waals surface area contributed by atoms with E-state index in [2.05, 4.69) is 26.9 Å². The number of hydrogen-bond donors (Lipinski definition) is 1. The van der Waals surface area contributed by atoms with Crippen LogP contribution >= 0.6 is 11.3 Å². The first-order valence-electron chi connectivity index (χ1n) is 11.5. The Balaban J connectivity index is 1.79. The summed E-state index contributed by atoms with van der Waals surface area (Å²) in [5.41, 5.74) is 0. The van der Waals surface area contributed by atoms with Gasteiger partial charge in [-0.05, 0) is 32.4 Å². The molecule has 5 nitrogen and oxygen atoms in total. The van der Waals surface area contributed by atoms with Crippen LogP contribution in [0.2, 0.25) is 0 Å². The molecule has 0 bridgehead atoms. The molecule has 0 radical (unpaired) electrons. The molecular weight excluding hydrogens is 477 g/mol. The Hall–Kier alpha value is -2.27. The van der Waals surface area contributed by atoms with Gasteiger partial charge in [-0.2, -0.15) is 8.78 Å². The van der Waals surface area contributed by atoms with E-state index in [1.807, 2.05) is 0 Å². The lowest BCUT2D eigenvalue weighted by atomic mass is 10.1. The van der Waals surface area contributed by atoms with E-state index in [0.717, 1.165) is 75.8 Å². The lowest BCUT2D eigenvalue weighted by molar-refractivity contribution is 0.0722. The quantitative estimate of drug-likeness (QED) is 0.0953. The summed E-state index contributed by atoms with van der Waals surface area (Å²) in [5.74, 6) is -13.8. The fraction of sp³-hybridized carbons (Fsp3) is 0.565. The van der Waals surface area contributed by atoms with Crippen molar-refractivity contribution >= 4 is 23.1 Å². The van der Waals surface area contributed by atoms with E-state index >= 15 is 0 Å². The number of likely N-dealkylation sites (tertiary alicyclic amines) is 1. The molecule has 34 heavy (non-hydrogen) atoms. The van der Waals surface area contributed by atoms with E-state index in [9.17, 15) is 26.7 Å². The second-order valence-corrected chi connectivity index (χ2v) is 9.34. The summed E-state index contributed by atoms with van der Waals surface area (Å²) in [7, 11) is 0. The summed E-state index contributed by atoms with van der Waals surface area (Å²) >= 11 is 0.979. The van der Waals surface area contributed by atoms with Crippen molar-refractivity contribution in [3.63, 3.8) is 0 Å². The molecule has 1 aromatic heterocycles. The number of aromatic nitrogens is 1. The highest BCUT2D eigenvalue weighted by atomic mass is 32.1. The van der Waals surface area contributed by atoms with Crippen LogP contribution in [0, 0.1) is 29.1 Å². The number of unbranched alkanes of at least 4 members (excludes halogenated alkanes) is 4. The minimum Gasteiger partial charge on any atom is -0.416 e. The van der Waals surface area contributed by atoms with Crippen molar-refractivity contribution in [2.75, 3.05) is 25.0 Å². The van der Waals surface area contributed by atoms with Crippen LogP contribution in [-0.4, -0.2) is 35.5 Å². The molecule has 0 unspecified atom stereocenters. The largest absolute Gasteiger partial charge is 0.416 e. The van der Waals surface area contributed by atoms with E-state index < -0.39 is 40.8 Å². The number of nitrogens with one attached hydrogen (secondary N) is 1. The summed E-state index contributed by atoms with van der Waals surface area (Å²) in [6, 6.07) is 0. The number of anilines is 1. The average Bonchev–Trinajstić information content (AvgIpc) is 3.24. The molecular formula is C23H28F5N3O2S. The molecule has 0 amide bonds. The number of nitrogens with zero attached hydrogens (tertiary/aromatic N) is 2. The van der Waals surface area contributed by atoms with Gasteiger partial charge in [-0.25, -0.2) is 22.9 Å². The van der Waals surface area contributed by atoms with Gasteiger partial charge in [0.15, 0.2) is 10.7 Å². The molecule has 2 heterocycles. The summed E-state index contributed by atoms with van der Waals surface area (Å²) in [6.45, 7) is 4.90. The second kappa shape index (κ2) is 12.4. The standard InChI is InChI=1S/C23H28F5N3O2S/c1-2-3-4-5-7-10-29-22-21(34-14(30-22)13-31-11-8-6-9-12-31)23(32)33-20-18(27)16(25)15(24)17(26)19(20)28/h29H,2-13H2,1H3. The van der Waals surface area contributed by atoms with Gasteiger partial charge < -0.3 is 10.1 Å². The molecule has 1 fully saturated rings. The van der Waals surface area contributed by atoms with Crippen LogP contribution in [0.4, 0.5) is 27.8 Å². The third-order valence-electron chi connectivity index (χ3n) is 5.60. The lowest BCUT2D eigenvalue weighted by Crippen LogP contribution is -2.29. The van der Waals surface area contributed by atoms with Crippen LogP contribution in [-0.2, 0) is 6.54 Å². The smallest absolute Gasteiger partial charge is 0.357 e. The van der Waals surface area contributed by atoms with E-state index in [-0.39, 0.29) is 10.7 Å². The van der Waals surface area contributed by atoms with Crippen molar-refractivity contribution in [1.29, 1.82) is 0 Å². The van der Waals surface area contributed by atoms with Crippen molar-refractivity contribution in [2.24, 2.45) is 0 Å². The van der Waals surface area contributed by atoms with Gasteiger partial charge in [-0.3, -0.25) is 4.90 Å². The summed E-state index contributed by atoms with van der Waals surface area (Å²) < 4.78 is 73.0. The zero-order valence-corrected chi connectivity index (χ0v) is 19.8. The zero-order chi connectivity index (χ0) is 24.7. The summed E-state index contributed by atoms with van der Waals surface area (Å²) in [4.78, 5) is 19.3. The molecule has 1 aliphatic heterocycles. The molecule has 11 heteroatoms. The van der Waals surface area contributed by atoms with Gasteiger partial charge in [0.1, 0.15) is 5.01 Å². The van der Waals surface area contributed by atoms with Crippen LogP contribution in [0.25, 0.3) is 0 Å². The molecule has 3 rings (SSSR count). The number of halogens is 5. The van der Waals surface area contributed by atoms with Gasteiger partial charge >= 0.3 is 5.97 Å². The molecule has 1 aliphatic rings. The van der Waals surface area contributed by atoms with Gasteiger partial charge in [-0.15, -0.1) is 11.3 Å². The minimum atomic E-state index is -2.32. The predicted octanol–water partition coefficient (Wildman–Crippen LogP) is 6.43. The Bertz CT molecular complexity index is 966. The van der Waals surface area contributed by atoms with Crippen LogP contribution in [0.5, 0.6) is 5.75 Å². The highest BCUT2D eigenvalue weighted by Gasteiger charge is 2.30. The molecule has 0 atom stereocenters. The number of thiazole rings is 1. The maximum absolute atomic E-state index is 14.0. The van der Waals surface area contributed by atoms with Gasteiger partial charge in [0.05, 0.1) is 6.54 Å². The summed E-state index contributed by atoms with van der Waals surface area (Å²) in [6.07, 6.45) is 8.38. The monoisotopic (exact) mass is 505 g/mol. The zero-order valence-electron chi connectivity index (χ0n) is 19.0. The first-order chi connectivity index (χ1) is 16.3. The highest BCUT2D eigenvalue weighted by Crippen LogP contribution is 2.32. The Labute approximate surface area is 199 Å². The minimum absolute atomic E-state index is 0.0792. The first-order valence-corrected chi connectivity index (χ1v) is 12.3. The number of rotatable bonds is 11. The van der Waals surface area contributed by atoms with Gasteiger partial charge in [0.25, 0.3) is 0 Å². The Morgan fingerprint density at radius 3 is 2.21 bits per heavy atom. The van der Waals surface area contributed by atoms with Crippen LogP contribution in [0.1, 0.15) is 73.0 Å². The number of carbonyl (C=O) groups excluding carboxylic acids is 1. The Kier molecular flexibility index (Phi) is 9.63. The predicted molar refractivity (Wildman–Crippen MR) is 120 cm³/mol. The molecule has 0 aliphatic carbocycles. The number of hydrogen-bond acceptors (Lipinski definition) is 6. The molecule has 0 saturated carbocycles. The normalized spacial score (nSPS) is 14.4. The van der Waals surface area contributed by atoms with Crippen LogP contribution in [0.15, 0.2) is 0 Å². The van der Waals surface area contributed by atoms with Gasteiger partial charge in [0.2, 0.25) is 34.8 Å². The summed E-state index contributed by atoms with van der Waals surface area (Å²) in [5, 5.41) is 3.66. The maximum Gasteiger partial charge on any atom is 0.357 e. The van der Waals surface area contributed by atoms with Crippen molar-refractivity contribution in [1.82, 2.24) is 9.88 Å². The molecule has 1 N–H and O–H groups in total. The molecule has 1 saturated heterocycles.